The van der Waals surface area contributed by atoms with Gasteiger partial charge >= 0.3 is 5.97 Å². The molecule has 0 spiro atoms. The number of nitro groups is 1. The molecule has 0 saturated carbocycles. The summed E-state index contributed by atoms with van der Waals surface area (Å²) in [4.78, 5) is 40.4. The summed E-state index contributed by atoms with van der Waals surface area (Å²) < 4.78 is 6.57. The van der Waals surface area contributed by atoms with E-state index in [0.29, 0.717) is 22.3 Å². The lowest BCUT2D eigenvalue weighted by molar-refractivity contribution is -0.384. The first-order valence-electron chi connectivity index (χ1n) is 9.08. The van der Waals surface area contributed by atoms with Crippen molar-refractivity contribution in [3.8, 4) is 11.4 Å². The van der Waals surface area contributed by atoms with Crippen LogP contribution in [0.5, 0.6) is 0 Å². The molecular weight excluding hydrogens is 378 g/mol. The van der Waals surface area contributed by atoms with Gasteiger partial charge in [0.1, 0.15) is 6.61 Å². The zero-order chi connectivity index (χ0) is 20.5. The fraction of sp³-hybridized carbons (Fsp3) is 0.250. The predicted molar refractivity (Wildman–Crippen MR) is 101 cm³/mol. The molecule has 2 aromatic heterocycles. The summed E-state index contributed by atoms with van der Waals surface area (Å²) in [6, 6.07) is 7.80. The Morgan fingerprint density at radius 3 is 2.83 bits per heavy atom. The van der Waals surface area contributed by atoms with Crippen molar-refractivity contribution in [2.75, 3.05) is 0 Å². The average molecular weight is 393 g/mol. The molecule has 1 N–H and O–H groups in total. The molecule has 0 unspecified atom stereocenters. The molecule has 3 aromatic rings. The summed E-state index contributed by atoms with van der Waals surface area (Å²) in [5, 5.41) is 22.5. The van der Waals surface area contributed by atoms with Crippen molar-refractivity contribution in [1.82, 2.24) is 9.55 Å². The maximum Gasteiger partial charge on any atom is 0.343 e. The van der Waals surface area contributed by atoms with Crippen LogP contribution in [0, 0.1) is 10.1 Å². The summed E-state index contributed by atoms with van der Waals surface area (Å²) in [6.45, 7) is 1.71. The highest BCUT2D eigenvalue weighted by molar-refractivity contribution is 5.87. The minimum absolute atomic E-state index is 0.0361. The van der Waals surface area contributed by atoms with Crippen LogP contribution in [0.2, 0.25) is 0 Å². The van der Waals surface area contributed by atoms with Crippen LogP contribution in [0.4, 0.5) is 5.69 Å². The highest BCUT2D eigenvalue weighted by atomic mass is 16.6. The molecule has 4 heterocycles. The van der Waals surface area contributed by atoms with Crippen LogP contribution in [-0.2, 0) is 28.3 Å². The van der Waals surface area contributed by atoms with Gasteiger partial charge in [-0.15, -0.1) is 0 Å². The van der Waals surface area contributed by atoms with Gasteiger partial charge < -0.3 is 14.4 Å². The van der Waals surface area contributed by atoms with E-state index in [1.54, 1.807) is 25.1 Å². The van der Waals surface area contributed by atoms with E-state index >= 15 is 0 Å². The number of aliphatic hydroxyl groups is 1. The number of cyclic esters (lactones) is 1. The number of hydrogen-bond acceptors (Lipinski definition) is 7. The van der Waals surface area contributed by atoms with Crippen LogP contribution in [0.25, 0.3) is 22.3 Å². The number of ether oxygens (including phenoxy) is 1. The van der Waals surface area contributed by atoms with E-state index in [1.165, 1.54) is 16.7 Å². The van der Waals surface area contributed by atoms with Gasteiger partial charge in [-0.2, -0.15) is 0 Å². The molecule has 1 aromatic carbocycles. The molecule has 0 amide bonds. The average Bonchev–Trinajstić information content (AvgIpc) is 3.07. The van der Waals surface area contributed by atoms with Gasteiger partial charge in [0, 0.05) is 28.6 Å². The number of benzene rings is 1. The predicted octanol–water partition coefficient (Wildman–Crippen LogP) is 1.99. The number of esters is 1. The van der Waals surface area contributed by atoms with Gasteiger partial charge in [0.15, 0.2) is 5.60 Å². The highest BCUT2D eigenvalue weighted by Gasteiger charge is 2.45. The second-order valence-electron chi connectivity index (χ2n) is 7.23. The number of aromatic nitrogens is 2. The first-order valence-corrected chi connectivity index (χ1v) is 9.08. The second-order valence-corrected chi connectivity index (χ2v) is 7.23. The Kier molecular flexibility index (Phi) is 3.45. The minimum Gasteiger partial charge on any atom is -0.458 e. The topological polar surface area (TPSA) is 125 Å². The standard InChI is InChI=1S/C20H15N3O6/c1-2-20(26)14-7-16-17-11(8-22(16)18(24)13(14)9-29-19(20)25)5-10-6-12(23(27)28)3-4-15(10)21-17/h3-7,26H,2,8-9H2,1H3/t20-/m1/s1. The normalized spacial score (nSPS) is 19.4. The van der Waals surface area contributed by atoms with Gasteiger partial charge in [-0.25, -0.2) is 9.78 Å². The maximum atomic E-state index is 13.1. The number of carbonyl (C=O) groups excluding carboxylic acids is 1. The van der Waals surface area contributed by atoms with E-state index < -0.39 is 16.5 Å². The van der Waals surface area contributed by atoms with Crippen LogP contribution < -0.4 is 5.56 Å². The number of nitrogens with zero attached hydrogens (tertiary/aromatic N) is 3. The highest BCUT2D eigenvalue weighted by Crippen LogP contribution is 2.38. The molecule has 0 bridgehead atoms. The minimum atomic E-state index is -1.87. The van der Waals surface area contributed by atoms with E-state index in [4.69, 9.17) is 4.74 Å². The van der Waals surface area contributed by atoms with Crippen molar-refractivity contribution in [3.63, 3.8) is 0 Å². The smallest absolute Gasteiger partial charge is 0.343 e. The molecule has 0 fully saturated rings. The lowest BCUT2D eigenvalue weighted by Gasteiger charge is -2.31. The van der Waals surface area contributed by atoms with Gasteiger partial charge in [-0.3, -0.25) is 14.9 Å². The Bertz CT molecular complexity index is 1310. The first-order chi connectivity index (χ1) is 13.8. The fourth-order valence-corrected chi connectivity index (χ4v) is 4.09. The van der Waals surface area contributed by atoms with Gasteiger partial charge in [-0.1, -0.05) is 6.92 Å². The lowest BCUT2D eigenvalue weighted by Crippen LogP contribution is -2.44. The molecule has 9 heteroatoms. The number of pyridine rings is 2. The Morgan fingerprint density at radius 1 is 1.31 bits per heavy atom. The van der Waals surface area contributed by atoms with E-state index in [-0.39, 0.29) is 41.9 Å². The van der Waals surface area contributed by atoms with Gasteiger partial charge in [0.05, 0.1) is 33.9 Å². The van der Waals surface area contributed by atoms with Crippen LogP contribution in [-0.4, -0.2) is 25.6 Å². The number of carbonyl (C=O) groups is 1. The van der Waals surface area contributed by atoms with E-state index in [0.717, 1.165) is 5.56 Å². The lowest BCUT2D eigenvalue weighted by atomic mass is 9.86. The number of fused-ring (bicyclic) bond motifs is 5. The molecule has 0 radical (unpaired) electrons. The third-order valence-electron chi connectivity index (χ3n) is 5.70. The van der Waals surface area contributed by atoms with E-state index in [2.05, 4.69) is 4.98 Å². The molecule has 2 aliphatic heterocycles. The van der Waals surface area contributed by atoms with Crippen molar-refractivity contribution in [1.29, 1.82) is 0 Å². The number of nitro benzene ring substituents is 1. The Hall–Kier alpha value is -3.59. The van der Waals surface area contributed by atoms with Gasteiger partial charge in [0.25, 0.3) is 11.2 Å². The summed E-state index contributed by atoms with van der Waals surface area (Å²) in [7, 11) is 0. The van der Waals surface area contributed by atoms with E-state index in [1.807, 2.05) is 0 Å². The fourth-order valence-electron chi connectivity index (χ4n) is 4.09. The molecule has 29 heavy (non-hydrogen) atoms. The van der Waals surface area contributed by atoms with E-state index in [9.17, 15) is 24.8 Å². The zero-order valence-corrected chi connectivity index (χ0v) is 15.3. The summed E-state index contributed by atoms with van der Waals surface area (Å²) in [5.74, 6) is -0.770. The van der Waals surface area contributed by atoms with Crippen molar-refractivity contribution >= 4 is 22.6 Å². The number of rotatable bonds is 2. The quantitative estimate of drug-likeness (QED) is 0.314. The summed E-state index contributed by atoms with van der Waals surface area (Å²) >= 11 is 0. The summed E-state index contributed by atoms with van der Waals surface area (Å²) in [5.41, 5.74) is 0.618. The summed E-state index contributed by atoms with van der Waals surface area (Å²) in [6.07, 6.45) is 0.0728. The molecule has 2 aliphatic rings. The largest absolute Gasteiger partial charge is 0.458 e. The molecule has 0 saturated heterocycles. The first kappa shape index (κ1) is 17.5. The van der Waals surface area contributed by atoms with Crippen molar-refractivity contribution in [3.05, 3.63) is 67.5 Å². The monoisotopic (exact) mass is 393 g/mol. The van der Waals surface area contributed by atoms with Gasteiger partial charge in [-0.05, 0) is 24.6 Å². The molecule has 5 rings (SSSR count). The Labute approximate surface area is 163 Å². The Morgan fingerprint density at radius 2 is 2.10 bits per heavy atom. The Balaban J connectivity index is 1.75. The molecule has 9 nitrogen and oxygen atoms in total. The molecule has 1 atom stereocenters. The van der Waals surface area contributed by atoms with Crippen molar-refractivity contribution in [2.24, 2.45) is 0 Å². The van der Waals surface area contributed by atoms with Crippen LogP contribution >= 0.6 is 0 Å². The molecule has 0 aliphatic carbocycles. The van der Waals surface area contributed by atoms with Crippen molar-refractivity contribution < 1.29 is 19.6 Å². The molecular formula is C20H15N3O6. The SMILES string of the molecule is CC[C@]1(O)C(=O)OCc2c1cc1n(c2=O)Cc2cc3cc([N+](=O)[O-])ccc3nc2-1. The third kappa shape index (κ3) is 2.27. The van der Waals surface area contributed by atoms with Crippen LogP contribution in [0.1, 0.15) is 30.0 Å². The second kappa shape index (κ2) is 5.71. The van der Waals surface area contributed by atoms with Gasteiger partial charge in [0.2, 0.25) is 0 Å². The third-order valence-corrected chi connectivity index (χ3v) is 5.70. The van der Waals surface area contributed by atoms with Crippen molar-refractivity contribution in [2.45, 2.75) is 32.1 Å². The van der Waals surface area contributed by atoms with Crippen LogP contribution in [0.3, 0.4) is 0 Å². The number of non-ortho nitro benzene ring substituents is 1. The van der Waals surface area contributed by atoms with Crippen LogP contribution in [0.15, 0.2) is 35.1 Å². The molecule has 146 valence electrons. The number of hydrogen-bond donors (Lipinski definition) is 1. The zero-order valence-electron chi connectivity index (χ0n) is 15.3. The maximum absolute atomic E-state index is 13.1.